The molecule has 0 radical (unpaired) electrons. The van der Waals surface area contributed by atoms with E-state index in [1.54, 1.807) is 0 Å². The second kappa shape index (κ2) is 13.0. The fourth-order valence-electron chi connectivity index (χ4n) is 4.08. The van der Waals surface area contributed by atoms with Crippen LogP contribution in [0.1, 0.15) is 89.2 Å². The van der Waals surface area contributed by atoms with Crippen LogP contribution >= 0.6 is 0 Å². The summed E-state index contributed by atoms with van der Waals surface area (Å²) in [5.74, 6) is 0. The largest absolute Gasteiger partial charge is 0.816 e. The van der Waals surface area contributed by atoms with Crippen molar-refractivity contribution in [3.8, 4) is 17.4 Å². The van der Waals surface area contributed by atoms with Crippen molar-refractivity contribution in [3.63, 3.8) is 0 Å². The lowest BCUT2D eigenvalue weighted by Crippen LogP contribution is -2.36. The monoisotopic (exact) mass is 434 g/mol. The molecule has 3 rings (SSSR count). The first-order valence-corrected chi connectivity index (χ1v) is 12.5. The van der Waals surface area contributed by atoms with Gasteiger partial charge in [-0.25, -0.2) is 0 Å². The summed E-state index contributed by atoms with van der Waals surface area (Å²) < 4.78 is 1.40. The van der Waals surface area contributed by atoms with E-state index in [2.05, 4.69) is 48.4 Å². The average molecular weight is 435 g/mol. The maximum absolute atomic E-state index is 12.6. The van der Waals surface area contributed by atoms with E-state index in [0.717, 1.165) is 24.2 Å². The quantitative estimate of drug-likeness (QED) is 0.244. The van der Waals surface area contributed by atoms with Gasteiger partial charge in [-0.3, -0.25) is 0 Å². The maximum atomic E-state index is 12.6. The predicted molar refractivity (Wildman–Crippen MR) is 127 cm³/mol. The Balaban J connectivity index is 1.66. The maximum Gasteiger partial charge on any atom is 0.272 e. The molecule has 0 fully saturated rings. The fourth-order valence-corrected chi connectivity index (χ4v) is 4.08. The lowest BCUT2D eigenvalue weighted by atomic mass is 10.1. The Hall–Kier alpha value is -2.69. The number of hydrogen-bond acceptors (Lipinski definition) is 3. The van der Waals surface area contributed by atoms with Crippen molar-refractivity contribution in [1.82, 2.24) is 15.1 Å². The molecule has 0 N–H and O–H groups in total. The summed E-state index contributed by atoms with van der Waals surface area (Å²) in [6.07, 6.45) is 14.7. The number of tetrazole rings is 1. The smallest absolute Gasteiger partial charge is 0.272 e. The molecule has 32 heavy (non-hydrogen) atoms. The van der Waals surface area contributed by atoms with Gasteiger partial charge in [0.25, 0.3) is 6.01 Å². The first-order valence-electron chi connectivity index (χ1n) is 12.5. The molecule has 2 aromatic carbocycles. The Morgan fingerprint density at radius 2 is 1.34 bits per heavy atom. The highest BCUT2D eigenvalue weighted by molar-refractivity contribution is 5.34. The van der Waals surface area contributed by atoms with E-state index < -0.39 is 0 Å². The normalized spacial score (nSPS) is 11.2. The minimum atomic E-state index is -0.352. The Labute approximate surface area is 193 Å². The Morgan fingerprint density at radius 1 is 0.750 bits per heavy atom. The second-order valence-corrected chi connectivity index (χ2v) is 8.74. The molecule has 0 atom stereocenters. The summed E-state index contributed by atoms with van der Waals surface area (Å²) in [5.41, 5.74) is 4.12. The minimum Gasteiger partial charge on any atom is -0.816 e. The van der Waals surface area contributed by atoms with Crippen LogP contribution in [0, 0.1) is 0 Å². The first kappa shape index (κ1) is 24.0. The summed E-state index contributed by atoms with van der Waals surface area (Å²) in [4.78, 5) is 1.46. The number of unbranched alkanes of at least 4 members (excludes halogenated alkanes) is 8. The molecule has 172 valence electrons. The van der Waals surface area contributed by atoms with Gasteiger partial charge >= 0.3 is 0 Å². The topological polar surface area (TPSA) is 57.6 Å². The van der Waals surface area contributed by atoms with Crippen molar-refractivity contribution >= 4 is 0 Å². The molecular weight excluding hydrogens is 396 g/mol. The van der Waals surface area contributed by atoms with E-state index >= 15 is 0 Å². The van der Waals surface area contributed by atoms with Crippen LogP contribution in [-0.2, 0) is 12.8 Å². The van der Waals surface area contributed by atoms with Crippen LogP contribution in [0.3, 0.4) is 0 Å². The summed E-state index contributed by atoms with van der Waals surface area (Å²) in [7, 11) is 0. The van der Waals surface area contributed by atoms with E-state index in [9.17, 15) is 5.11 Å². The van der Waals surface area contributed by atoms with Gasteiger partial charge in [0.15, 0.2) is 5.69 Å². The van der Waals surface area contributed by atoms with Gasteiger partial charge in [-0.1, -0.05) is 89.5 Å². The van der Waals surface area contributed by atoms with Crippen molar-refractivity contribution in [2.45, 2.75) is 90.9 Å². The minimum absolute atomic E-state index is 0.352. The van der Waals surface area contributed by atoms with Crippen LogP contribution in [0.25, 0.3) is 11.4 Å². The molecule has 0 unspecified atom stereocenters. The predicted octanol–water partition coefficient (Wildman–Crippen LogP) is 5.64. The van der Waals surface area contributed by atoms with Gasteiger partial charge < -0.3 is 5.11 Å². The molecule has 1 aromatic heterocycles. The van der Waals surface area contributed by atoms with Crippen LogP contribution in [0.4, 0.5) is 0 Å². The number of aryl methyl sites for hydroxylation is 2. The summed E-state index contributed by atoms with van der Waals surface area (Å²) >= 11 is 0. The fraction of sp³-hybridized carbons (Fsp3) is 0.519. The molecule has 0 aliphatic carbocycles. The second-order valence-electron chi connectivity index (χ2n) is 8.74. The third-order valence-corrected chi connectivity index (χ3v) is 5.97. The third kappa shape index (κ3) is 7.18. The van der Waals surface area contributed by atoms with Gasteiger partial charge in [0, 0.05) is 4.80 Å². The highest BCUT2D eigenvalue weighted by Gasteiger charge is 2.16. The molecule has 0 spiro atoms. The number of benzene rings is 2. The number of hydrogen-bond donors (Lipinski definition) is 0. The molecule has 0 saturated heterocycles. The Morgan fingerprint density at radius 3 is 2.00 bits per heavy atom. The highest BCUT2D eigenvalue weighted by atomic mass is 16.3. The van der Waals surface area contributed by atoms with Gasteiger partial charge in [-0.2, -0.15) is 0 Å². The van der Waals surface area contributed by atoms with Crippen molar-refractivity contribution in [1.29, 1.82) is 0 Å². The Bertz CT molecular complexity index is 950. The Kier molecular flexibility index (Phi) is 9.73. The molecule has 0 saturated carbocycles. The van der Waals surface area contributed by atoms with Crippen LogP contribution in [-0.4, -0.2) is 15.1 Å². The molecule has 0 aliphatic rings. The van der Waals surface area contributed by atoms with E-state index in [1.807, 2.05) is 24.3 Å². The van der Waals surface area contributed by atoms with E-state index in [-0.39, 0.29) is 6.01 Å². The van der Waals surface area contributed by atoms with Gasteiger partial charge in [-0.05, 0) is 61.1 Å². The molecule has 0 bridgehead atoms. The van der Waals surface area contributed by atoms with Crippen LogP contribution in [0.15, 0.2) is 48.5 Å². The van der Waals surface area contributed by atoms with Gasteiger partial charge in [0.05, 0.1) is 10.3 Å². The lowest BCUT2D eigenvalue weighted by molar-refractivity contribution is -0.704. The van der Waals surface area contributed by atoms with Gasteiger partial charge in [-0.15, -0.1) is 4.68 Å². The van der Waals surface area contributed by atoms with Gasteiger partial charge in [0.1, 0.15) is 5.69 Å². The zero-order chi connectivity index (χ0) is 22.6. The SMILES string of the molecule is CCCCCCCc1cccc(-n2nc([O-])[n+](-c3cccc(CCCCCCC)c3)n2)c1. The van der Waals surface area contributed by atoms with Crippen molar-refractivity contribution in [2.24, 2.45) is 0 Å². The zero-order valence-corrected chi connectivity index (χ0v) is 19.8. The zero-order valence-electron chi connectivity index (χ0n) is 19.8. The number of rotatable bonds is 14. The van der Waals surface area contributed by atoms with E-state index in [0.29, 0.717) is 0 Å². The molecule has 5 heteroatoms. The molecular formula is C27H38N4O. The molecule has 1 heterocycles. The summed E-state index contributed by atoms with van der Waals surface area (Å²) in [6.45, 7) is 4.47. The summed E-state index contributed by atoms with van der Waals surface area (Å²) in [5, 5.41) is 21.2. The van der Waals surface area contributed by atoms with E-state index in [1.165, 1.54) is 84.8 Å². The third-order valence-electron chi connectivity index (χ3n) is 5.97. The van der Waals surface area contributed by atoms with Crippen molar-refractivity contribution in [3.05, 3.63) is 59.7 Å². The molecule has 0 aliphatic heterocycles. The number of aromatic nitrogens is 4. The van der Waals surface area contributed by atoms with Crippen molar-refractivity contribution < 1.29 is 9.79 Å². The van der Waals surface area contributed by atoms with Crippen LogP contribution in [0.5, 0.6) is 6.01 Å². The first-order chi connectivity index (χ1) is 15.7. The average Bonchev–Trinajstić information content (AvgIpc) is 3.21. The molecule has 5 nitrogen and oxygen atoms in total. The highest BCUT2D eigenvalue weighted by Crippen LogP contribution is 2.15. The van der Waals surface area contributed by atoms with E-state index in [4.69, 9.17) is 0 Å². The van der Waals surface area contributed by atoms with Crippen molar-refractivity contribution in [2.75, 3.05) is 0 Å². The number of nitrogens with zero attached hydrogens (tertiary/aromatic N) is 4. The molecule has 3 aromatic rings. The van der Waals surface area contributed by atoms with Crippen LogP contribution in [0.2, 0.25) is 0 Å². The lowest BCUT2D eigenvalue weighted by Gasteiger charge is -2.04. The summed E-state index contributed by atoms with van der Waals surface area (Å²) in [6, 6.07) is 16.0. The standard InChI is InChI=1S/C27H38N4O/c1-3-5-7-9-11-15-23-17-13-19-25(21-23)30-27(32)28-31(29-30)26-20-14-18-24(22-26)16-12-10-8-6-4-2/h13-14,17-22H,3-12,15-16H2,1-2H3. The molecule has 0 amide bonds. The van der Waals surface area contributed by atoms with Crippen LogP contribution < -0.4 is 9.79 Å². The van der Waals surface area contributed by atoms with Gasteiger partial charge in [0.2, 0.25) is 0 Å².